The minimum Gasteiger partial charge on any atom is -0.160 e. The van der Waals surface area contributed by atoms with Gasteiger partial charge in [-0.1, -0.05) is 0 Å². The van der Waals surface area contributed by atoms with Crippen molar-refractivity contribution in [3.05, 3.63) is 11.6 Å². The van der Waals surface area contributed by atoms with Crippen LogP contribution in [0.3, 0.4) is 0 Å². The van der Waals surface area contributed by atoms with Gasteiger partial charge in [-0.05, 0) is 0 Å². The van der Waals surface area contributed by atoms with Gasteiger partial charge in [-0.2, -0.15) is 11.8 Å². The average molecular weight is 380 g/mol. The molecule has 0 heterocycles. The Balaban J connectivity index is 0. The first-order chi connectivity index (χ1) is 6.68. The second-order valence-corrected chi connectivity index (χ2v) is 11.2. The van der Waals surface area contributed by atoms with E-state index in [4.69, 9.17) is 54.7 Å². The third kappa shape index (κ3) is 23.7. The molecule has 0 aliphatic carbocycles. The summed E-state index contributed by atoms with van der Waals surface area (Å²) in [6, 6.07) is 0. The average Bonchev–Trinajstić information content (AvgIpc) is 2.16. The summed E-state index contributed by atoms with van der Waals surface area (Å²) in [5.41, 5.74) is 1.44. The van der Waals surface area contributed by atoms with Crippen LogP contribution in [0.5, 0.6) is 0 Å². The van der Waals surface area contributed by atoms with E-state index in [9.17, 15) is 0 Å². The van der Waals surface area contributed by atoms with E-state index < -0.39 is 12.8 Å². The van der Waals surface area contributed by atoms with E-state index in [1.807, 2.05) is 0 Å². The summed E-state index contributed by atoms with van der Waals surface area (Å²) >= 11 is 16.2. The number of thioether (sulfide) groups is 1. The predicted molar refractivity (Wildman–Crippen MR) is 76.0 cm³/mol. The zero-order chi connectivity index (χ0) is 11.2. The van der Waals surface area contributed by atoms with E-state index >= 15 is 0 Å². The maximum atomic E-state index is 5.46. The number of halogens is 5. The van der Waals surface area contributed by atoms with Crippen molar-refractivity contribution in [1.82, 2.24) is 0 Å². The fourth-order valence-electron chi connectivity index (χ4n) is 0.331. The smallest absolute Gasteiger partial charge is 0.0314 e. The molecule has 7 heteroatoms. The minimum atomic E-state index is -1.47. The first-order valence-electron chi connectivity index (χ1n) is 3.73. The fraction of sp³-hybridized carbons (Fsp3) is 0.714. The molecular formula is C7H12AsCl5S. The third-order valence-electron chi connectivity index (χ3n) is 0.775. The zero-order valence-electron chi connectivity index (χ0n) is 7.44. The summed E-state index contributed by atoms with van der Waals surface area (Å²) in [6.07, 6.45) is 1.77. The van der Waals surface area contributed by atoms with Crippen molar-refractivity contribution in [2.45, 2.75) is 5.21 Å². The summed E-state index contributed by atoms with van der Waals surface area (Å²) < 4.78 is 0. The van der Waals surface area contributed by atoms with Crippen molar-refractivity contribution in [2.75, 3.05) is 23.3 Å². The summed E-state index contributed by atoms with van der Waals surface area (Å²) in [6.45, 7) is 0. The van der Waals surface area contributed by atoms with E-state index in [0.717, 1.165) is 28.5 Å². The van der Waals surface area contributed by atoms with Crippen molar-refractivity contribution in [3.8, 4) is 0 Å². The second kappa shape index (κ2) is 17.5. The van der Waals surface area contributed by atoms with E-state index in [0.29, 0.717) is 0 Å². The number of hydrogen-bond donors (Lipinski definition) is 0. The third-order valence-corrected chi connectivity index (χ3v) is 5.22. The predicted octanol–water partition coefficient (Wildman–Crippen LogP) is 4.90. The van der Waals surface area contributed by atoms with Gasteiger partial charge >= 0.3 is 61.1 Å². The van der Waals surface area contributed by atoms with Crippen LogP contribution in [0.4, 0.5) is 0 Å². The minimum absolute atomic E-state index is 0.738. The molecule has 0 aromatic heterocycles. The van der Waals surface area contributed by atoms with E-state index in [1.165, 1.54) is 5.54 Å². The molecule has 0 aliphatic heterocycles. The second-order valence-electron chi connectivity index (χ2n) is 1.84. The molecule has 0 fully saturated rings. The molecule has 0 amide bonds. The summed E-state index contributed by atoms with van der Waals surface area (Å²) in [5.74, 6) is 3.52. The van der Waals surface area contributed by atoms with Crippen LogP contribution in [0.25, 0.3) is 0 Å². The quantitative estimate of drug-likeness (QED) is 0.359. The molecule has 0 aromatic carbocycles. The molecule has 86 valence electrons. The van der Waals surface area contributed by atoms with E-state index in [1.54, 1.807) is 17.8 Å². The van der Waals surface area contributed by atoms with Gasteiger partial charge in [0.2, 0.25) is 0 Å². The molecule has 14 heavy (non-hydrogen) atoms. The van der Waals surface area contributed by atoms with Gasteiger partial charge in [-0.15, -0.1) is 23.2 Å². The van der Waals surface area contributed by atoms with Crippen molar-refractivity contribution in [1.29, 1.82) is 0 Å². The van der Waals surface area contributed by atoms with Crippen LogP contribution in [0.1, 0.15) is 0 Å². The van der Waals surface area contributed by atoms with Gasteiger partial charge in [0.15, 0.2) is 0 Å². The Morgan fingerprint density at radius 1 is 1.07 bits per heavy atom. The topological polar surface area (TPSA) is 0 Å². The van der Waals surface area contributed by atoms with Crippen LogP contribution in [0.15, 0.2) is 11.6 Å². The largest absolute Gasteiger partial charge is 0.160 e. The van der Waals surface area contributed by atoms with Crippen LogP contribution >= 0.6 is 66.5 Å². The zero-order valence-corrected chi connectivity index (χ0v) is 13.9. The van der Waals surface area contributed by atoms with Crippen LogP contribution in [-0.4, -0.2) is 36.0 Å². The van der Waals surface area contributed by atoms with Gasteiger partial charge < -0.3 is 0 Å². The summed E-state index contributed by atoms with van der Waals surface area (Å²) in [5, 5.41) is 0.764. The van der Waals surface area contributed by atoms with Crippen molar-refractivity contribution >= 4 is 79.2 Å². The maximum Gasteiger partial charge on any atom is 0.0314 e. The SMILES string of the molecule is Cl/C=C/C[As](Cl)Cl.ClCCSCCCl. The summed E-state index contributed by atoms with van der Waals surface area (Å²) in [4.78, 5) is 0. The molecular weight excluding hydrogens is 368 g/mol. The Kier molecular flexibility index (Phi) is 23.1. The van der Waals surface area contributed by atoms with E-state index in [-0.39, 0.29) is 0 Å². The number of rotatable bonds is 6. The molecule has 0 saturated carbocycles. The van der Waals surface area contributed by atoms with Crippen LogP contribution < -0.4 is 0 Å². The molecule has 0 bridgehead atoms. The Morgan fingerprint density at radius 2 is 1.57 bits per heavy atom. The van der Waals surface area contributed by atoms with Crippen molar-refractivity contribution < 1.29 is 0 Å². The van der Waals surface area contributed by atoms with Gasteiger partial charge in [-0.3, -0.25) is 0 Å². The van der Waals surface area contributed by atoms with Crippen LogP contribution in [0.2, 0.25) is 5.21 Å². The molecule has 0 atom stereocenters. The molecule has 0 unspecified atom stereocenters. The Hall–Kier alpha value is 2.10. The number of allylic oxidation sites excluding steroid dienone is 1. The maximum absolute atomic E-state index is 5.46. The first-order valence-corrected chi connectivity index (χ1v) is 12.6. The first kappa shape index (κ1) is 18.5. The molecule has 0 radical (unpaired) electrons. The Labute approximate surface area is 118 Å². The van der Waals surface area contributed by atoms with Gasteiger partial charge in [0, 0.05) is 23.3 Å². The van der Waals surface area contributed by atoms with Crippen LogP contribution in [0, 0.1) is 0 Å². The van der Waals surface area contributed by atoms with Crippen LogP contribution in [-0.2, 0) is 0 Å². The molecule has 0 rings (SSSR count). The standard InChI is InChI=1S/C4H8Cl2S.C3H4AsCl3/c5-1-3-7-4-2-6;5-3-1-2-4(6)7/h1-4H2;1,3H,2H2/b;3-1+. The molecule has 0 saturated heterocycles. The normalized spacial score (nSPS) is 10.4. The van der Waals surface area contributed by atoms with Gasteiger partial charge in [0.1, 0.15) is 0 Å². The molecule has 0 N–H and O–H groups in total. The Morgan fingerprint density at radius 3 is 1.79 bits per heavy atom. The van der Waals surface area contributed by atoms with Gasteiger partial charge in [0.25, 0.3) is 0 Å². The monoisotopic (exact) mass is 378 g/mol. The molecule has 0 aliphatic rings. The molecule has 0 spiro atoms. The van der Waals surface area contributed by atoms with Gasteiger partial charge in [0.05, 0.1) is 0 Å². The number of hydrogen-bond acceptors (Lipinski definition) is 1. The van der Waals surface area contributed by atoms with E-state index in [2.05, 4.69) is 0 Å². The molecule has 0 nitrogen and oxygen atoms in total. The van der Waals surface area contributed by atoms with Crippen molar-refractivity contribution in [3.63, 3.8) is 0 Å². The number of alkyl halides is 2. The van der Waals surface area contributed by atoms with Gasteiger partial charge in [-0.25, -0.2) is 0 Å². The van der Waals surface area contributed by atoms with Crippen molar-refractivity contribution in [2.24, 2.45) is 0 Å². The molecule has 0 aromatic rings. The Bertz CT molecular complexity index is 119. The fourth-order valence-corrected chi connectivity index (χ4v) is 3.15. The summed E-state index contributed by atoms with van der Waals surface area (Å²) in [7, 11) is 10.9.